The summed E-state index contributed by atoms with van der Waals surface area (Å²) in [4.78, 5) is 0. The summed E-state index contributed by atoms with van der Waals surface area (Å²) in [5.74, 6) is 5.60. The van der Waals surface area contributed by atoms with Crippen LogP contribution in [0.25, 0.3) is 0 Å². The molecule has 6 nitrogen and oxygen atoms in total. The van der Waals surface area contributed by atoms with Crippen LogP contribution in [0, 0.1) is 0 Å². The van der Waals surface area contributed by atoms with E-state index in [9.17, 15) is 0 Å². The van der Waals surface area contributed by atoms with E-state index in [1.807, 2.05) is 0 Å². The van der Waals surface area contributed by atoms with Crippen molar-refractivity contribution in [3.63, 3.8) is 0 Å². The molecule has 5 N–H and O–H groups in total. The van der Waals surface area contributed by atoms with Crippen LogP contribution in [0.3, 0.4) is 0 Å². The number of rotatable bonds is 4. The van der Waals surface area contributed by atoms with Gasteiger partial charge in [-0.3, -0.25) is 0 Å². The second-order valence-corrected chi connectivity index (χ2v) is 2.12. The van der Waals surface area contributed by atoms with Gasteiger partial charge in [-0.05, 0) is 0 Å². The zero-order valence-corrected chi connectivity index (χ0v) is 6.49. The molecule has 0 bridgehead atoms. The Bertz CT molecular complexity index is 241. The van der Waals surface area contributed by atoms with E-state index < -0.39 is 0 Å². The summed E-state index contributed by atoms with van der Waals surface area (Å²) in [5.41, 5.74) is 3.14. The van der Waals surface area contributed by atoms with Gasteiger partial charge in [0.1, 0.15) is 0 Å². The minimum atomic E-state index is 0.0771. The SMILES string of the molecule is NNc1cc(NCCO)cnn1. The van der Waals surface area contributed by atoms with Crippen LogP contribution in [0.1, 0.15) is 0 Å². The Morgan fingerprint density at radius 1 is 1.58 bits per heavy atom. The maximum Gasteiger partial charge on any atom is 0.164 e. The average Bonchev–Trinajstić information content (AvgIpc) is 2.15. The molecule has 1 aromatic rings. The number of nitrogens with two attached hydrogens (primary N) is 1. The Balaban J connectivity index is 2.60. The number of nitrogens with zero attached hydrogens (tertiary/aromatic N) is 2. The van der Waals surface area contributed by atoms with Gasteiger partial charge in [0.25, 0.3) is 0 Å². The average molecular weight is 169 g/mol. The zero-order chi connectivity index (χ0) is 8.81. The fourth-order valence-electron chi connectivity index (χ4n) is 0.734. The first-order valence-electron chi connectivity index (χ1n) is 3.51. The molecule has 0 fully saturated rings. The van der Waals surface area contributed by atoms with Crippen molar-refractivity contribution in [2.45, 2.75) is 0 Å². The number of hydrogen-bond acceptors (Lipinski definition) is 6. The molecule has 0 saturated heterocycles. The number of anilines is 2. The normalized spacial score (nSPS) is 9.50. The van der Waals surface area contributed by atoms with Crippen LogP contribution in [0.2, 0.25) is 0 Å². The summed E-state index contributed by atoms with van der Waals surface area (Å²) < 4.78 is 0. The van der Waals surface area contributed by atoms with Crippen molar-refractivity contribution in [1.29, 1.82) is 0 Å². The number of nitrogens with one attached hydrogen (secondary N) is 2. The minimum Gasteiger partial charge on any atom is -0.395 e. The number of hydrogen-bond donors (Lipinski definition) is 4. The Morgan fingerprint density at radius 3 is 3.08 bits per heavy atom. The van der Waals surface area contributed by atoms with Gasteiger partial charge in [0, 0.05) is 12.6 Å². The lowest BCUT2D eigenvalue weighted by atomic mass is 10.4. The molecule has 1 aromatic heterocycles. The molecular weight excluding hydrogens is 158 g/mol. The maximum absolute atomic E-state index is 8.52. The number of nitrogen functional groups attached to an aromatic ring is 1. The van der Waals surface area contributed by atoms with Gasteiger partial charge < -0.3 is 15.8 Å². The molecule has 1 rings (SSSR count). The minimum absolute atomic E-state index is 0.0771. The molecule has 1 heterocycles. The number of hydrazine groups is 1. The predicted octanol–water partition coefficient (Wildman–Crippen LogP) is -0.834. The zero-order valence-electron chi connectivity index (χ0n) is 6.49. The van der Waals surface area contributed by atoms with Gasteiger partial charge in [-0.1, -0.05) is 0 Å². The van der Waals surface area contributed by atoms with Crippen molar-refractivity contribution in [3.8, 4) is 0 Å². The van der Waals surface area contributed by atoms with E-state index in [1.54, 1.807) is 12.3 Å². The molecule has 0 amide bonds. The first kappa shape index (κ1) is 8.69. The van der Waals surface area contributed by atoms with Crippen LogP contribution in [-0.4, -0.2) is 28.5 Å². The van der Waals surface area contributed by atoms with E-state index in [0.29, 0.717) is 12.4 Å². The molecular formula is C6H11N5O. The van der Waals surface area contributed by atoms with Gasteiger partial charge in [-0.2, -0.15) is 5.10 Å². The molecule has 0 aliphatic carbocycles. The van der Waals surface area contributed by atoms with Gasteiger partial charge in [-0.25, -0.2) is 5.84 Å². The molecule has 0 radical (unpaired) electrons. The van der Waals surface area contributed by atoms with E-state index in [0.717, 1.165) is 5.69 Å². The highest BCUT2D eigenvalue weighted by Crippen LogP contribution is 2.07. The molecule has 0 unspecified atom stereocenters. The summed E-state index contributed by atoms with van der Waals surface area (Å²) >= 11 is 0. The van der Waals surface area contributed by atoms with E-state index in [-0.39, 0.29) is 6.61 Å². The molecule has 0 aliphatic rings. The van der Waals surface area contributed by atoms with Crippen molar-refractivity contribution in [1.82, 2.24) is 10.2 Å². The van der Waals surface area contributed by atoms with Crippen molar-refractivity contribution >= 4 is 11.5 Å². The third-order valence-corrected chi connectivity index (χ3v) is 1.24. The Hall–Kier alpha value is -1.40. The smallest absolute Gasteiger partial charge is 0.164 e. The molecule has 0 atom stereocenters. The number of aliphatic hydroxyl groups excluding tert-OH is 1. The molecule has 0 saturated carbocycles. The van der Waals surface area contributed by atoms with E-state index in [1.165, 1.54) is 0 Å². The van der Waals surface area contributed by atoms with E-state index >= 15 is 0 Å². The van der Waals surface area contributed by atoms with Gasteiger partial charge in [0.05, 0.1) is 18.5 Å². The fraction of sp³-hybridized carbons (Fsp3) is 0.333. The van der Waals surface area contributed by atoms with E-state index in [2.05, 4.69) is 20.9 Å². The van der Waals surface area contributed by atoms with Crippen molar-refractivity contribution < 1.29 is 5.11 Å². The second-order valence-electron chi connectivity index (χ2n) is 2.12. The Labute approximate surface area is 69.8 Å². The quantitative estimate of drug-likeness (QED) is 0.347. The highest BCUT2D eigenvalue weighted by atomic mass is 16.3. The predicted molar refractivity (Wildman–Crippen MR) is 45.4 cm³/mol. The molecule has 0 aromatic carbocycles. The monoisotopic (exact) mass is 169 g/mol. The van der Waals surface area contributed by atoms with Crippen molar-refractivity contribution in [2.75, 3.05) is 23.9 Å². The first-order valence-corrected chi connectivity index (χ1v) is 3.51. The lowest BCUT2D eigenvalue weighted by Crippen LogP contribution is -2.11. The summed E-state index contributed by atoms with van der Waals surface area (Å²) in [5, 5.41) is 18.8. The maximum atomic E-state index is 8.52. The van der Waals surface area contributed by atoms with Gasteiger partial charge >= 0.3 is 0 Å². The molecule has 12 heavy (non-hydrogen) atoms. The largest absolute Gasteiger partial charge is 0.395 e. The molecule has 6 heteroatoms. The number of aromatic nitrogens is 2. The molecule has 66 valence electrons. The third-order valence-electron chi connectivity index (χ3n) is 1.24. The highest BCUT2D eigenvalue weighted by Gasteiger charge is 1.94. The first-order chi connectivity index (χ1) is 5.86. The second kappa shape index (κ2) is 4.47. The third kappa shape index (κ3) is 2.33. The Kier molecular flexibility index (Phi) is 3.24. The summed E-state index contributed by atoms with van der Waals surface area (Å²) in [6, 6.07) is 1.70. The molecule has 0 spiro atoms. The molecule has 0 aliphatic heterocycles. The van der Waals surface area contributed by atoms with Crippen LogP contribution in [-0.2, 0) is 0 Å². The van der Waals surface area contributed by atoms with Crippen LogP contribution >= 0.6 is 0 Å². The standard InChI is InChI=1S/C6H11N5O/c7-10-6-3-5(4-9-11-6)8-1-2-12/h3-4,12H,1-2,7H2,(H2,8,10,11). The summed E-state index contributed by atoms with van der Waals surface area (Å²) in [6.07, 6.45) is 1.55. The van der Waals surface area contributed by atoms with Gasteiger partial charge in [-0.15, -0.1) is 5.10 Å². The summed E-state index contributed by atoms with van der Waals surface area (Å²) in [6.45, 7) is 0.559. The Morgan fingerprint density at radius 2 is 2.42 bits per heavy atom. The van der Waals surface area contributed by atoms with Crippen LogP contribution in [0.15, 0.2) is 12.3 Å². The van der Waals surface area contributed by atoms with Crippen LogP contribution in [0.4, 0.5) is 11.5 Å². The van der Waals surface area contributed by atoms with Gasteiger partial charge in [0.15, 0.2) is 5.82 Å². The number of aliphatic hydroxyl groups is 1. The van der Waals surface area contributed by atoms with Crippen molar-refractivity contribution in [3.05, 3.63) is 12.3 Å². The lowest BCUT2D eigenvalue weighted by Gasteiger charge is -2.03. The van der Waals surface area contributed by atoms with Gasteiger partial charge in [0.2, 0.25) is 0 Å². The van der Waals surface area contributed by atoms with Crippen LogP contribution in [0.5, 0.6) is 0 Å². The van der Waals surface area contributed by atoms with Crippen molar-refractivity contribution in [2.24, 2.45) is 5.84 Å². The summed E-state index contributed by atoms with van der Waals surface area (Å²) in [7, 11) is 0. The van der Waals surface area contributed by atoms with E-state index in [4.69, 9.17) is 10.9 Å². The lowest BCUT2D eigenvalue weighted by molar-refractivity contribution is 0.311. The highest BCUT2D eigenvalue weighted by molar-refractivity contribution is 5.49. The topological polar surface area (TPSA) is 96.1 Å². The van der Waals surface area contributed by atoms with Crippen LogP contribution < -0.4 is 16.6 Å². The fourth-order valence-corrected chi connectivity index (χ4v) is 0.734.